The third kappa shape index (κ3) is 6.73. The molecule has 0 aromatic heterocycles. The molecule has 1 unspecified atom stereocenters. The predicted octanol–water partition coefficient (Wildman–Crippen LogP) is 4.26. The molecule has 0 fully saturated rings. The molecule has 6 heteroatoms. The van der Waals surface area contributed by atoms with Crippen LogP contribution in [0.4, 0.5) is 0 Å². The SMILES string of the molecule is CCN(CC)CCOC(=O)C(O)(c1ccccc1)c1ccc(OCC(C)C)cc1.Cl. The van der Waals surface area contributed by atoms with Crippen LogP contribution >= 0.6 is 12.4 Å². The highest BCUT2D eigenvalue weighted by atomic mass is 35.5. The van der Waals surface area contributed by atoms with Crippen molar-refractivity contribution >= 4 is 18.4 Å². The van der Waals surface area contributed by atoms with Gasteiger partial charge in [-0.05, 0) is 42.3 Å². The van der Waals surface area contributed by atoms with Gasteiger partial charge in [0.1, 0.15) is 12.4 Å². The van der Waals surface area contributed by atoms with E-state index in [-0.39, 0.29) is 19.0 Å². The molecule has 30 heavy (non-hydrogen) atoms. The number of likely N-dealkylation sites (N-methyl/N-ethyl adjacent to an activating group) is 1. The quantitative estimate of drug-likeness (QED) is 0.534. The number of carbonyl (C=O) groups excluding carboxylic acids is 1. The summed E-state index contributed by atoms with van der Waals surface area (Å²) in [6.45, 7) is 11.5. The molecule has 0 spiro atoms. The second kappa shape index (κ2) is 12.6. The van der Waals surface area contributed by atoms with E-state index < -0.39 is 11.6 Å². The van der Waals surface area contributed by atoms with Gasteiger partial charge in [-0.25, -0.2) is 4.79 Å². The van der Waals surface area contributed by atoms with Gasteiger partial charge in [0.2, 0.25) is 5.60 Å². The van der Waals surface area contributed by atoms with E-state index in [1.165, 1.54) is 0 Å². The van der Waals surface area contributed by atoms with Gasteiger partial charge in [-0.2, -0.15) is 0 Å². The van der Waals surface area contributed by atoms with Gasteiger partial charge in [0, 0.05) is 6.54 Å². The van der Waals surface area contributed by atoms with E-state index in [1.807, 2.05) is 6.07 Å². The molecule has 5 nitrogen and oxygen atoms in total. The van der Waals surface area contributed by atoms with Crippen molar-refractivity contribution < 1.29 is 19.4 Å². The highest BCUT2D eigenvalue weighted by molar-refractivity contribution is 5.85. The standard InChI is InChI=1S/C24H33NO4.ClH/c1-5-25(6-2)16-17-28-23(26)24(27,20-10-8-7-9-11-20)21-12-14-22(15-13-21)29-18-19(3)4;/h7-15,19,27H,5-6,16-18H2,1-4H3;1H. The van der Waals surface area contributed by atoms with Crippen molar-refractivity contribution in [2.75, 3.05) is 32.8 Å². The number of carbonyl (C=O) groups is 1. The third-order valence-corrected chi connectivity index (χ3v) is 4.88. The van der Waals surface area contributed by atoms with E-state index >= 15 is 0 Å². The summed E-state index contributed by atoms with van der Waals surface area (Å²) < 4.78 is 11.2. The summed E-state index contributed by atoms with van der Waals surface area (Å²) in [5, 5.41) is 11.5. The molecular formula is C24H34ClNO4. The van der Waals surface area contributed by atoms with E-state index in [9.17, 15) is 9.90 Å². The maximum absolute atomic E-state index is 13.0. The van der Waals surface area contributed by atoms with Crippen molar-refractivity contribution in [2.45, 2.75) is 33.3 Å². The van der Waals surface area contributed by atoms with Gasteiger partial charge in [0.05, 0.1) is 6.61 Å². The molecule has 0 bridgehead atoms. The lowest BCUT2D eigenvalue weighted by atomic mass is 9.86. The van der Waals surface area contributed by atoms with Crippen molar-refractivity contribution in [3.05, 3.63) is 65.7 Å². The van der Waals surface area contributed by atoms with Crippen LogP contribution < -0.4 is 4.74 Å². The number of nitrogens with zero attached hydrogens (tertiary/aromatic N) is 1. The fourth-order valence-electron chi connectivity index (χ4n) is 3.05. The minimum absolute atomic E-state index is 0. The number of hydrogen-bond acceptors (Lipinski definition) is 5. The highest BCUT2D eigenvalue weighted by Gasteiger charge is 2.41. The Morgan fingerprint density at radius 1 is 1.00 bits per heavy atom. The van der Waals surface area contributed by atoms with Gasteiger partial charge >= 0.3 is 5.97 Å². The lowest BCUT2D eigenvalue weighted by Crippen LogP contribution is -2.40. The fourth-order valence-corrected chi connectivity index (χ4v) is 3.05. The first-order valence-corrected chi connectivity index (χ1v) is 10.3. The highest BCUT2D eigenvalue weighted by Crippen LogP contribution is 2.32. The second-order valence-corrected chi connectivity index (χ2v) is 7.47. The number of ether oxygens (including phenoxy) is 2. The fraction of sp³-hybridized carbons (Fsp3) is 0.458. The largest absolute Gasteiger partial charge is 0.493 e. The summed E-state index contributed by atoms with van der Waals surface area (Å²) >= 11 is 0. The lowest BCUT2D eigenvalue weighted by Gasteiger charge is -2.28. The van der Waals surface area contributed by atoms with Crippen LogP contribution in [0.3, 0.4) is 0 Å². The summed E-state index contributed by atoms with van der Waals surface area (Å²) in [6, 6.07) is 15.9. The van der Waals surface area contributed by atoms with Crippen LogP contribution in [-0.4, -0.2) is 48.8 Å². The Bertz CT molecular complexity index is 748. The molecule has 0 aliphatic heterocycles. The number of hydrogen-bond donors (Lipinski definition) is 1. The molecule has 2 aromatic rings. The molecule has 0 saturated heterocycles. The van der Waals surface area contributed by atoms with Crippen LogP contribution in [0, 0.1) is 5.92 Å². The van der Waals surface area contributed by atoms with Crippen molar-refractivity contribution in [2.24, 2.45) is 5.92 Å². The predicted molar refractivity (Wildman–Crippen MR) is 122 cm³/mol. The van der Waals surface area contributed by atoms with Gasteiger partial charge in [0.25, 0.3) is 0 Å². The molecule has 0 aliphatic rings. The van der Waals surface area contributed by atoms with Gasteiger partial charge in [0.15, 0.2) is 0 Å². The van der Waals surface area contributed by atoms with Gasteiger partial charge in [-0.15, -0.1) is 12.4 Å². The summed E-state index contributed by atoms with van der Waals surface area (Å²) in [6.07, 6.45) is 0. The molecule has 0 aliphatic carbocycles. The molecular weight excluding hydrogens is 402 g/mol. The summed E-state index contributed by atoms with van der Waals surface area (Å²) in [4.78, 5) is 15.2. The molecule has 1 atom stereocenters. The zero-order chi connectivity index (χ0) is 21.3. The molecule has 2 rings (SSSR count). The first-order chi connectivity index (χ1) is 13.9. The van der Waals surface area contributed by atoms with Gasteiger partial charge in [-0.3, -0.25) is 0 Å². The maximum Gasteiger partial charge on any atom is 0.347 e. The van der Waals surface area contributed by atoms with Crippen LogP contribution in [0.15, 0.2) is 54.6 Å². The number of esters is 1. The van der Waals surface area contributed by atoms with Crippen molar-refractivity contribution in [1.29, 1.82) is 0 Å². The van der Waals surface area contributed by atoms with Crippen LogP contribution in [0.25, 0.3) is 0 Å². The Hall–Kier alpha value is -2.08. The third-order valence-electron chi connectivity index (χ3n) is 4.88. The van der Waals surface area contributed by atoms with E-state index in [0.717, 1.165) is 13.1 Å². The van der Waals surface area contributed by atoms with Gasteiger partial charge in [-0.1, -0.05) is 70.2 Å². The molecule has 0 heterocycles. The number of rotatable bonds is 11. The van der Waals surface area contributed by atoms with Crippen molar-refractivity contribution in [3.63, 3.8) is 0 Å². The van der Waals surface area contributed by atoms with Crippen molar-refractivity contribution in [3.8, 4) is 5.75 Å². The normalized spacial score (nSPS) is 12.9. The first kappa shape index (κ1) is 26.0. The van der Waals surface area contributed by atoms with Crippen LogP contribution in [0.2, 0.25) is 0 Å². The Labute approximate surface area is 186 Å². The molecule has 0 amide bonds. The Kier molecular flexibility index (Phi) is 10.9. The van der Waals surface area contributed by atoms with E-state index in [0.29, 0.717) is 35.9 Å². The summed E-state index contributed by atoms with van der Waals surface area (Å²) in [5.74, 6) is 0.441. The monoisotopic (exact) mass is 435 g/mol. The van der Waals surface area contributed by atoms with Crippen molar-refractivity contribution in [1.82, 2.24) is 4.90 Å². The van der Waals surface area contributed by atoms with Crippen LogP contribution in [-0.2, 0) is 15.1 Å². The second-order valence-electron chi connectivity index (χ2n) is 7.47. The Morgan fingerprint density at radius 2 is 1.57 bits per heavy atom. The maximum atomic E-state index is 13.0. The summed E-state index contributed by atoms with van der Waals surface area (Å²) in [7, 11) is 0. The Balaban J connectivity index is 0.00000450. The zero-order valence-electron chi connectivity index (χ0n) is 18.3. The number of halogens is 1. The van der Waals surface area contributed by atoms with E-state index in [4.69, 9.17) is 9.47 Å². The minimum atomic E-state index is -1.87. The van der Waals surface area contributed by atoms with Crippen LogP contribution in [0.1, 0.15) is 38.8 Å². The number of aliphatic hydroxyl groups is 1. The number of benzene rings is 2. The molecule has 166 valence electrons. The Morgan fingerprint density at radius 3 is 2.10 bits per heavy atom. The molecule has 0 radical (unpaired) electrons. The molecule has 0 saturated carbocycles. The topological polar surface area (TPSA) is 59.0 Å². The first-order valence-electron chi connectivity index (χ1n) is 10.3. The zero-order valence-corrected chi connectivity index (χ0v) is 19.2. The van der Waals surface area contributed by atoms with Gasteiger partial charge < -0.3 is 19.5 Å². The van der Waals surface area contributed by atoms with Crippen LogP contribution in [0.5, 0.6) is 5.75 Å². The van der Waals surface area contributed by atoms with E-state index in [1.54, 1.807) is 48.5 Å². The minimum Gasteiger partial charge on any atom is -0.493 e. The molecule has 1 N–H and O–H groups in total. The smallest absolute Gasteiger partial charge is 0.347 e. The van der Waals surface area contributed by atoms with E-state index in [2.05, 4.69) is 32.6 Å². The lowest BCUT2D eigenvalue weighted by molar-refractivity contribution is -0.162. The summed E-state index contributed by atoms with van der Waals surface area (Å²) in [5.41, 5.74) is -0.946. The average Bonchev–Trinajstić information content (AvgIpc) is 2.75. The molecule has 2 aromatic carbocycles. The average molecular weight is 436 g/mol.